The van der Waals surface area contributed by atoms with Crippen LogP contribution in [-0.4, -0.2) is 56.8 Å². The Morgan fingerprint density at radius 1 is 0.895 bits per heavy atom. The average molecular weight is 302 g/mol. The molecule has 0 N–H and O–H groups in total. The summed E-state index contributed by atoms with van der Waals surface area (Å²) in [5, 5.41) is 0.235. The lowest BCUT2D eigenvalue weighted by Gasteiger charge is -2.27. The first-order valence-electron chi connectivity index (χ1n) is 6.49. The summed E-state index contributed by atoms with van der Waals surface area (Å²) >= 11 is 6.00. The van der Waals surface area contributed by atoms with Crippen LogP contribution in [0.25, 0.3) is 0 Å². The van der Waals surface area contributed by atoms with E-state index in [0.717, 1.165) is 13.1 Å². The predicted octanol–water partition coefficient (Wildman–Crippen LogP) is 0.694. The molecule has 6 nitrogen and oxygen atoms in total. The minimum atomic E-state index is -0.704. The van der Waals surface area contributed by atoms with Crippen LogP contribution in [0.3, 0.4) is 0 Å². The van der Waals surface area contributed by atoms with Crippen molar-refractivity contribution in [2.45, 2.75) is 12.8 Å². The van der Waals surface area contributed by atoms with Gasteiger partial charge in [0.2, 0.25) is 17.2 Å². The molecule has 8 heteroatoms. The van der Waals surface area contributed by atoms with Gasteiger partial charge in [0, 0.05) is 48.5 Å². The highest BCUT2D eigenvalue weighted by Gasteiger charge is 2.21. The van der Waals surface area contributed by atoms with E-state index in [9.17, 15) is 4.21 Å². The maximum atomic E-state index is 11.4. The molecule has 0 aliphatic carbocycles. The number of rotatable bonds is 2. The Morgan fingerprint density at radius 2 is 1.42 bits per heavy atom. The van der Waals surface area contributed by atoms with Gasteiger partial charge < -0.3 is 9.80 Å². The van der Waals surface area contributed by atoms with Crippen LogP contribution in [0.2, 0.25) is 5.28 Å². The first-order valence-corrected chi connectivity index (χ1v) is 8.35. The molecule has 0 bridgehead atoms. The minimum Gasteiger partial charge on any atom is -0.341 e. The molecule has 3 rings (SSSR count). The van der Waals surface area contributed by atoms with Gasteiger partial charge in [-0.3, -0.25) is 4.21 Å². The first kappa shape index (κ1) is 13.1. The summed E-state index contributed by atoms with van der Waals surface area (Å²) in [7, 11) is -0.704. The zero-order chi connectivity index (χ0) is 13.2. The SMILES string of the molecule is O=S1CCN(c2nc(Cl)nc(N3CCCC3)n2)CC1. The number of hydrogen-bond donors (Lipinski definition) is 0. The summed E-state index contributed by atoms with van der Waals surface area (Å²) in [6, 6.07) is 0. The molecule has 0 saturated carbocycles. The van der Waals surface area contributed by atoms with Crippen molar-refractivity contribution in [1.29, 1.82) is 0 Å². The third kappa shape index (κ3) is 2.97. The molecule has 2 aliphatic heterocycles. The molecular weight excluding hydrogens is 286 g/mol. The van der Waals surface area contributed by atoms with Crippen molar-refractivity contribution in [3.8, 4) is 0 Å². The smallest absolute Gasteiger partial charge is 0.231 e. The molecule has 0 spiro atoms. The standard InChI is InChI=1S/C11H16ClN5OS/c12-9-13-10(16-3-1-2-4-16)15-11(14-9)17-5-7-19(18)8-6-17/h1-8H2. The van der Waals surface area contributed by atoms with E-state index >= 15 is 0 Å². The van der Waals surface area contributed by atoms with E-state index < -0.39 is 10.8 Å². The van der Waals surface area contributed by atoms with Gasteiger partial charge in [0.05, 0.1) is 0 Å². The second kappa shape index (κ2) is 5.58. The number of nitrogens with zero attached hydrogens (tertiary/aromatic N) is 5. The third-order valence-corrected chi connectivity index (χ3v) is 4.88. The van der Waals surface area contributed by atoms with Gasteiger partial charge in [0.15, 0.2) is 0 Å². The van der Waals surface area contributed by atoms with Crippen molar-refractivity contribution < 1.29 is 4.21 Å². The van der Waals surface area contributed by atoms with Gasteiger partial charge in [-0.25, -0.2) is 0 Å². The van der Waals surface area contributed by atoms with E-state index in [2.05, 4.69) is 19.9 Å². The quantitative estimate of drug-likeness (QED) is 0.801. The Balaban J connectivity index is 1.82. The molecular formula is C11H16ClN5OS. The molecule has 104 valence electrons. The van der Waals surface area contributed by atoms with Gasteiger partial charge in [-0.2, -0.15) is 15.0 Å². The molecule has 0 atom stereocenters. The highest BCUT2D eigenvalue weighted by molar-refractivity contribution is 7.85. The fraction of sp³-hybridized carbons (Fsp3) is 0.727. The topological polar surface area (TPSA) is 62.2 Å². The molecule has 1 aromatic heterocycles. The number of aromatic nitrogens is 3. The van der Waals surface area contributed by atoms with Crippen LogP contribution in [0.1, 0.15) is 12.8 Å². The van der Waals surface area contributed by atoms with Gasteiger partial charge in [0.1, 0.15) is 0 Å². The summed E-state index contributed by atoms with van der Waals surface area (Å²) in [5.74, 6) is 2.61. The zero-order valence-corrected chi connectivity index (χ0v) is 12.2. The minimum absolute atomic E-state index is 0.235. The lowest BCUT2D eigenvalue weighted by Crippen LogP contribution is -2.39. The van der Waals surface area contributed by atoms with Gasteiger partial charge >= 0.3 is 0 Å². The molecule has 2 saturated heterocycles. The van der Waals surface area contributed by atoms with Crippen LogP contribution in [0.4, 0.5) is 11.9 Å². The van der Waals surface area contributed by atoms with Crippen molar-refractivity contribution in [3.63, 3.8) is 0 Å². The molecule has 0 aromatic carbocycles. The highest BCUT2D eigenvalue weighted by atomic mass is 35.5. The van der Waals surface area contributed by atoms with Crippen LogP contribution >= 0.6 is 11.6 Å². The number of anilines is 2. The van der Waals surface area contributed by atoms with Gasteiger partial charge in [-0.1, -0.05) is 0 Å². The monoisotopic (exact) mass is 301 g/mol. The third-order valence-electron chi connectivity index (χ3n) is 3.43. The van der Waals surface area contributed by atoms with Gasteiger partial charge in [-0.05, 0) is 24.4 Å². The van der Waals surface area contributed by atoms with Crippen LogP contribution in [-0.2, 0) is 10.8 Å². The maximum absolute atomic E-state index is 11.4. The van der Waals surface area contributed by atoms with E-state index in [0.29, 0.717) is 36.5 Å². The second-order valence-corrected chi connectivity index (χ2v) is 6.77. The van der Waals surface area contributed by atoms with Crippen LogP contribution in [0, 0.1) is 0 Å². The molecule has 2 aliphatic rings. The van der Waals surface area contributed by atoms with Gasteiger partial charge in [-0.15, -0.1) is 0 Å². The maximum Gasteiger partial charge on any atom is 0.231 e. The molecule has 3 heterocycles. The molecule has 0 radical (unpaired) electrons. The molecule has 1 aromatic rings. The summed E-state index contributed by atoms with van der Waals surface area (Å²) in [4.78, 5) is 17.1. The molecule has 2 fully saturated rings. The van der Waals surface area contributed by atoms with Crippen molar-refractivity contribution in [2.75, 3.05) is 47.5 Å². The van der Waals surface area contributed by atoms with Crippen molar-refractivity contribution in [2.24, 2.45) is 0 Å². The summed E-state index contributed by atoms with van der Waals surface area (Å²) in [5.41, 5.74) is 0. The average Bonchev–Trinajstić information content (AvgIpc) is 2.93. The summed E-state index contributed by atoms with van der Waals surface area (Å²) in [6.45, 7) is 3.38. The van der Waals surface area contributed by atoms with Crippen molar-refractivity contribution >= 4 is 34.3 Å². The fourth-order valence-electron chi connectivity index (χ4n) is 2.37. The lowest BCUT2D eigenvalue weighted by atomic mass is 10.4. The molecule has 0 amide bonds. The Kier molecular flexibility index (Phi) is 3.83. The summed E-state index contributed by atoms with van der Waals surface area (Å²) in [6.07, 6.45) is 2.34. The van der Waals surface area contributed by atoms with E-state index in [1.807, 2.05) is 4.90 Å². The zero-order valence-electron chi connectivity index (χ0n) is 10.6. The van der Waals surface area contributed by atoms with Crippen LogP contribution < -0.4 is 9.80 Å². The lowest BCUT2D eigenvalue weighted by molar-refractivity contribution is 0.670. The first-order chi connectivity index (χ1) is 9.22. The molecule has 19 heavy (non-hydrogen) atoms. The van der Waals surface area contributed by atoms with Crippen molar-refractivity contribution in [1.82, 2.24) is 15.0 Å². The predicted molar refractivity (Wildman–Crippen MR) is 76.4 cm³/mol. The second-order valence-electron chi connectivity index (χ2n) is 4.73. The number of hydrogen-bond acceptors (Lipinski definition) is 6. The Hall–Kier alpha value is -0.950. The molecule has 0 unspecified atom stereocenters. The highest BCUT2D eigenvalue weighted by Crippen LogP contribution is 2.21. The fourth-order valence-corrected chi connectivity index (χ4v) is 3.57. The normalized spacial score (nSPS) is 21.1. The van der Waals surface area contributed by atoms with Crippen LogP contribution in [0.5, 0.6) is 0 Å². The largest absolute Gasteiger partial charge is 0.341 e. The Morgan fingerprint density at radius 3 is 2.00 bits per heavy atom. The number of halogens is 1. The van der Waals surface area contributed by atoms with E-state index in [4.69, 9.17) is 11.6 Å². The summed E-state index contributed by atoms with van der Waals surface area (Å²) < 4.78 is 11.4. The van der Waals surface area contributed by atoms with E-state index in [1.165, 1.54) is 12.8 Å². The van der Waals surface area contributed by atoms with E-state index in [1.54, 1.807) is 0 Å². The Labute approximate surface area is 119 Å². The Bertz CT molecular complexity index is 484. The van der Waals surface area contributed by atoms with Crippen LogP contribution in [0.15, 0.2) is 0 Å². The van der Waals surface area contributed by atoms with Gasteiger partial charge in [0.25, 0.3) is 0 Å². The van der Waals surface area contributed by atoms with Crippen molar-refractivity contribution in [3.05, 3.63) is 5.28 Å². The van der Waals surface area contributed by atoms with E-state index in [-0.39, 0.29) is 5.28 Å².